The van der Waals surface area contributed by atoms with Crippen LogP contribution in [-0.4, -0.2) is 17.1 Å². The lowest BCUT2D eigenvalue weighted by Crippen LogP contribution is -2.27. The highest BCUT2D eigenvalue weighted by Crippen LogP contribution is 2.35. The van der Waals surface area contributed by atoms with E-state index in [1.807, 2.05) is 25.1 Å². The third kappa shape index (κ3) is 3.53. The first-order chi connectivity index (χ1) is 11.0. The van der Waals surface area contributed by atoms with Crippen LogP contribution in [0.5, 0.6) is 0 Å². The number of hydrogen-bond donors (Lipinski definition) is 2. The van der Waals surface area contributed by atoms with Crippen molar-refractivity contribution >= 4 is 29.3 Å². The van der Waals surface area contributed by atoms with E-state index in [1.54, 1.807) is 6.07 Å². The van der Waals surface area contributed by atoms with Crippen LogP contribution in [0, 0.1) is 5.82 Å². The molecular weight excluding hydrogens is 315 g/mol. The molecule has 1 atom stereocenters. The Balaban J connectivity index is 1.68. The lowest BCUT2D eigenvalue weighted by Gasteiger charge is -2.22. The molecule has 2 aromatic rings. The molecule has 2 amide bonds. The fourth-order valence-electron chi connectivity index (χ4n) is 2.28. The van der Waals surface area contributed by atoms with Crippen molar-refractivity contribution in [3.63, 3.8) is 0 Å². The second kappa shape index (κ2) is 6.42. The summed E-state index contributed by atoms with van der Waals surface area (Å²) >= 11 is 1.51. The SMILES string of the molecule is CC1Sc2ccc(CNC(=O)c3cccc(F)c3)cc2NC1=O. The third-order valence-electron chi connectivity index (χ3n) is 3.51. The maximum absolute atomic E-state index is 13.1. The standard InChI is InChI=1S/C17H15FN2O2S/c1-10-16(21)20-14-7-11(5-6-15(14)23-10)9-19-17(22)12-3-2-4-13(18)8-12/h2-8,10H,9H2,1H3,(H,19,22)(H,20,21). The molecule has 1 unspecified atom stereocenters. The van der Waals surface area contributed by atoms with Crippen molar-refractivity contribution < 1.29 is 14.0 Å². The van der Waals surface area contributed by atoms with Crippen molar-refractivity contribution in [3.8, 4) is 0 Å². The summed E-state index contributed by atoms with van der Waals surface area (Å²) in [4.78, 5) is 24.7. The minimum Gasteiger partial charge on any atom is -0.348 e. The summed E-state index contributed by atoms with van der Waals surface area (Å²) in [6.45, 7) is 2.16. The van der Waals surface area contributed by atoms with Gasteiger partial charge in [-0.15, -0.1) is 11.8 Å². The third-order valence-corrected chi connectivity index (χ3v) is 4.69. The number of fused-ring (bicyclic) bond motifs is 1. The van der Waals surface area contributed by atoms with Gasteiger partial charge in [0.2, 0.25) is 5.91 Å². The van der Waals surface area contributed by atoms with E-state index < -0.39 is 5.82 Å². The Morgan fingerprint density at radius 2 is 2.13 bits per heavy atom. The average molecular weight is 330 g/mol. The number of thioether (sulfide) groups is 1. The Hall–Kier alpha value is -2.34. The van der Waals surface area contributed by atoms with Crippen LogP contribution in [0.3, 0.4) is 0 Å². The average Bonchev–Trinajstić information content (AvgIpc) is 2.53. The molecule has 118 valence electrons. The zero-order valence-corrected chi connectivity index (χ0v) is 13.2. The normalized spacial score (nSPS) is 16.4. The van der Waals surface area contributed by atoms with Crippen molar-refractivity contribution in [1.29, 1.82) is 0 Å². The number of carbonyl (C=O) groups excluding carboxylic acids is 2. The molecule has 2 N–H and O–H groups in total. The minimum absolute atomic E-state index is 0.0246. The van der Waals surface area contributed by atoms with Crippen LogP contribution in [0.4, 0.5) is 10.1 Å². The van der Waals surface area contributed by atoms with Gasteiger partial charge in [0.15, 0.2) is 0 Å². The topological polar surface area (TPSA) is 58.2 Å². The van der Waals surface area contributed by atoms with Gasteiger partial charge in [-0.25, -0.2) is 4.39 Å². The summed E-state index contributed by atoms with van der Waals surface area (Å²) < 4.78 is 13.1. The van der Waals surface area contributed by atoms with Gasteiger partial charge in [-0.3, -0.25) is 9.59 Å². The van der Waals surface area contributed by atoms with Gasteiger partial charge in [0.25, 0.3) is 5.91 Å². The van der Waals surface area contributed by atoms with E-state index in [0.29, 0.717) is 6.54 Å². The van der Waals surface area contributed by atoms with Crippen LogP contribution >= 0.6 is 11.8 Å². The Bertz CT molecular complexity index is 779. The molecular formula is C17H15FN2O2S. The summed E-state index contributed by atoms with van der Waals surface area (Å²) in [6.07, 6.45) is 0. The number of carbonyl (C=O) groups is 2. The van der Waals surface area contributed by atoms with E-state index in [1.165, 1.54) is 30.0 Å². The van der Waals surface area contributed by atoms with Crippen molar-refractivity contribution in [3.05, 3.63) is 59.4 Å². The molecule has 1 heterocycles. The van der Waals surface area contributed by atoms with Gasteiger partial charge in [0.1, 0.15) is 5.82 Å². The molecule has 0 fully saturated rings. The Kier molecular flexibility index (Phi) is 4.34. The van der Waals surface area contributed by atoms with E-state index in [0.717, 1.165) is 16.1 Å². The fraction of sp³-hybridized carbons (Fsp3) is 0.176. The first kappa shape index (κ1) is 15.6. The summed E-state index contributed by atoms with van der Waals surface area (Å²) in [7, 11) is 0. The van der Waals surface area contributed by atoms with E-state index in [9.17, 15) is 14.0 Å². The van der Waals surface area contributed by atoms with Gasteiger partial charge < -0.3 is 10.6 Å². The van der Waals surface area contributed by atoms with Gasteiger partial charge in [-0.05, 0) is 42.8 Å². The lowest BCUT2D eigenvalue weighted by molar-refractivity contribution is -0.115. The number of rotatable bonds is 3. The summed E-state index contributed by atoms with van der Waals surface area (Å²) in [5.74, 6) is -0.807. The van der Waals surface area contributed by atoms with Gasteiger partial charge in [-0.2, -0.15) is 0 Å². The molecule has 0 saturated heterocycles. The van der Waals surface area contributed by atoms with Crippen molar-refractivity contribution in [2.75, 3.05) is 5.32 Å². The van der Waals surface area contributed by atoms with E-state index >= 15 is 0 Å². The Labute approximate surface area is 137 Å². The highest BCUT2D eigenvalue weighted by molar-refractivity contribution is 8.00. The molecule has 6 heteroatoms. The van der Waals surface area contributed by atoms with Crippen molar-refractivity contribution in [1.82, 2.24) is 5.32 Å². The predicted octanol–water partition coefficient (Wildman–Crippen LogP) is 3.19. The summed E-state index contributed by atoms with van der Waals surface area (Å²) in [6, 6.07) is 11.2. The molecule has 2 aromatic carbocycles. The quantitative estimate of drug-likeness (QED) is 0.909. The number of amides is 2. The lowest BCUT2D eigenvalue weighted by atomic mass is 10.1. The number of nitrogens with one attached hydrogen (secondary N) is 2. The Morgan fingerprint density at radius 3 is 2.91 bits per heavy atom. The van der Waals surface area contributed by atoms with Crippen LogP contribution in [-0.2, 0) is 11.3 Å². The van der Waals surface area contributed by atoms with Crippen LogP contribution in [0.15, 0.2) is 47.4 Å². The van der Waals surface area contributed by atoms with Gasteiger partial charge in [0, 0.05) is 17.0 Å². The number of anilines is 1. The monoisotopic (exact) mass is 330 g/mol. The Morgan fingerprint density at radius 1 is 1.30 bits per heavy atom. The zero-order valence-electron chi connectivity index (χ0n) is 12.4. The molecule has 0 bridgehead atoms. The maximum Gasteiger partial charge on any atom is 0.251 e. The van der Waals surface area contributed by atoms with Crippen LogP contribution < -0.4 is 10.6 Å². The second-order valence-electron chi connectivity index (χ2n) is 5.27. The molecule has 0 aliphatic carbocycles. The van der Waals surface area contributed by atoms with Gasteiger partial charge in [0.05, 0.1) is 10.9 Å². The predicted molar refractivity (Wildman–Crippen MR) is 88.0 cm³/mol. The molecule has 3 rings (SSSR count). The largest absolute Gasteiger partial charge is 0.348 e. The molecule has 23 heavy (non-hydrogen) atoms. The second-order valence-corrected chi connectivity index (χ2v) is 6.66. The van der Waals surface area contributed by atoms with E-state index in [2.05, 4.69) is 10.6 Å². The summed E-state index contributed by atoms with van der Waals surface area (Å²) in [5, 5.41) is 5.49. The molecule has 1 aliphatic rings. The number of benzene rings is 2. The highest BCUT2D eigenvalue weighted by atomic mass is 32.2. The highest BCUT2D eigenvalue weighted by Gasteiger charge is 2.22. The molecule has 4 nitrogen and oxygen atoms in total. The summed E-state index contributed by atoms with van der Waals surface area (Å²) in [5.41, 5.74) is 1.90. The number of halogens is 1. The van der Waals surface area contributed by atoms with E-state index in [-0.39, 0.29) is 22.6 Å². The molecule has 1 aliphatic heterocycles. The first-order valence-electron chi connectivity index (χ1n) is 7.17. The van der Waals surface area contributed by atoms with Crippen LogP contribution in [0.1, 0.15) is 22.8 Å². The fourth-order valence-corrected chi connectivity index (χ4v) is 3.21. The van der Waals surface area contributed by atoms with Gasteiger partial charge >= 0.3 is 0 Å². The van der Waals surface area contributed by atoms with Crippen molar-refractivity contribution in [2.45, 2.75) is 23.6 Å². The van der Waals surface area contributed by atoms with E-state index in [4.69, 9.17) is 0 Å². The zero-order chi connectivity index (χ0) is 16.4. The minimum atomic E-state index is -0.444. The molecule has 0 saturated carbocycles. The van der Waals surface area contributed by atoms with Crippen molar-refractivity contribution in [2.24, 2.45) is 0 Å². The maximum atomic E-state index is 13.1. The van der Waals surface area contributed by atoms with Gasteiger partial charge in [-0.1, -0.05) is 12.1 Å². The molecule has 0 aromatic heterocycles. The first-order valence-corrected chi connectivity index (χ1v) is 8.05. The molecule has 0 radical (unpaired) electrons. The number of hydrogen-bond acceptors (Lipinski definition) is 3. The molecule has 0 spiro atoms. The smallest absolute Gasteiger partial charge is 0.251 e. The van der Waals surface area contributed by atoms with Crippen LogP contribution in [0.2, 0.25) is 0 Å². The van der Waals surface area contributed by atoms with Crippen LogP contribution in [0.25, 0.3) is 0 Å².